The second kappa shape index (κ2) is 7.05. The van der Waals surface area contributed by atoms with E-state index in [1.165, 1.54) is 24.0 Å². The summed E-state index contributed by atoms with van der Waals surface area (Å²) in [6, 6.07) is 13.2. The van der Waals surface area contributed by atoms with Crippen LogP contribution in [0, 0.1) is 0 Å². The quantitative estimate of drug-likeness (QED) is 0.888. The first-order valence-corrected chi connectivity index (χ1v) is 8.35. The van der Waals surface area contributed by atoms with Crippen LogP contribution in [0.25, 0.3) is 0 Å². The summed E-state index contributed by atoms with van der Waals surface area (Å²) in [5, 5.41) is 3.60. The minimum absolute atomic E-state index is 0.149. The standard InChI is InChI=1S/C19H20ClNO2/c1-13(23-16-9-5-8-15(20)12-16)19(22)21-18-11-4-7-14-6-2-3-10-17(14)18/h4-5,7-9,11-13H,2-3,6,10H2,1H3,(H,21,22)/t13-/m0/s1. The number of halogens is 1. The first-order chi connectivity index (χ1) is 11.1. The van der Waals surface area contributed by atoms with Crippen molar-refractivity contribution in [2.24, 2.45) is 0 Å². The van der Waals surface area contributed by atoms with E-state index in [9.17, 15) is 4.79 Å². The van der Waals surface area contributed by atoms with E-state index in [0.717, 1.165) is 18.5 Å². The summed E-state index contributed by atoms with van der Waals surface area (Å²) in [4.78, 5) is 12.4. The number of rotatable bonds is 4. The van der Waals surface area contributed by atoms with Gasteiger partial charge in [0.05, 0.1) is 0 Å². The largest absolute Gasteiger partial charge is 0.481 e. The molecule has 1 aliphatic carbocycles. The minimum atomic E-state index is -0.590. The summed E-state index contributed by atoms with van der Waals surface area (Å²) in [6.45, 7) is 1.74. The number of benzene rings is 2. The molecule has 1 N–H and O–H groups in total. The predicted octanol–water partition coefficient (Wildman–Crippen LogP) is 4.62. The molecule has 0 fully saturated rings. The molecule has 2 aromatic carbocycles. The lowest BCUT2D eigenvalue weighted by atomic mass is 9.90. The Morgan fingerprint density at radius 1 is 1.17 bits per heavy atom. The van der Waals surface area contributed by atoms with Crippen LogP contribution in [0.4, 0.5) is 5.69 Å². The Labute approximate surface area is 141 Å². The Kier molecular flexibility index (Phi) is 4.87. The van der Waals surface area contributed by atoms with Crippen LogP contribution >= 0.6 is 11.6 Å². The van der Waals surface area contributed by atoms with E-state index < -0.39 is 6.10 Å². The monoisotopic (exact) mass is 329 g/mol. The lowest BCUT2D eigenvalue weighted by molar-refractivity contribution is -0.122. The van der Waals surface area contributed by atoms with Crippen molar-refractivity contribution in [3.05, 3.63) is 58.6 Å². The molecule has 120 valence electrons. The number of aryl methyl sites for hydroxylation is 1. The number of carbonyl (C=O) groups excluding carboxylic acids is 1. The van der Waals surface area contributed by atoms with Gasteiger partial charge in [-0.05, 0) is 68.0 Å². The van der Waals surface area contributed by atoms with Crippen LogP contribution in [-0.4, -0.2) is 12.0 Å². The fourth-order valence-electron chi connectivity index (χ4n) is 2.93. The molecule has 4 heteroatoms. The van der Waals surface area contributed by atoms with E-state index in [0.29, 0.717) is 10.8 Å². The first kappa shape index (κ1) is 15.9. The molecule has 0 saturated heterocycles. The average molecular weight is 330 g/mol. The highest BCUT2D eigenvalue weighted by Gasteiger charge is 2.18. The lowest BCUT2D eigenvalue weighted by Crippen LogP contribution is -2.30. The van der Waals surface area contributed by atoms with Crippen molar-refractivity contribution in [2.45, 2.75) is 38.7 Å². The highest BCUT2D eigenvalue weighted by atomic mass is 35.5. The van der Waals surface area contributed by atoms with Crippen LogP contribution in [0.3, 0.4) is 0 Å². The Morgan fingerprint density at radius 2 is 1.96 bits per heavy atom. The molecule has 0 aromatic heterocycles. The van der Waals surface area contributed by atoms with Crippen molar-refractivity contribution >= 4 is 23.2 Å². The van der Waals surface area contributed by atoms with Gasteiger partial charge >= 0.3 is 0 Å². The van der Waals surface area contributed by atoms with E-state index in [1.54, 1.807) is 31.2 Å². The van der Waals surface area contributed by atoms with Gasteiger partial charge in [0.25, 0.3) is 5.91 Å². The maximum atomic E-state index is 12.4. The molecule has 0 saturated carbocycles. The summed E-state index contributed by atoms with van der Waals surface area (Å²) in [5.74, 6) is 0.444. The van der Waals surface area contributed by atoms with Crippen LogP contribution < -0.4 is 10.1 Å². The van der Waals surface area contributed by atoms with Crippen molar-refractivity contribution in [3.8, 4) is 5.75 Å². The lowest BCUT2D eigenvalue weighted by Gasteiger charge is -2.21. The van der Waals surface area contributed by atoms with Gasteiger partial charge in [-0.15, -0.1) is 0 Å². The number of hydrogen-bond acceptors (Lipinski definition) is 2. The number of hydrogen-bond donors (Lipinski definition) is 1. The van der Waals surface area contributed by atoms with Gasteiger partial charge in [-0.3, -0.25) is 4.79 Å². The number of nitrogens with one attached hydrogen (secondary N) is 1. The zero-order valence-electron chi connectivity index (χ0n) is 13.1. The van der Waals surface area contributed by atoms with Gasteiger partial charge < -0.3 is 10.1 Å². The number of carbonyl (C=O) groups is 1. The summed E-state index contributed by atoms with van der Waals surface area (Å²) >= 11 is 5.94. The zero-order chi connectivity index (χ0) is 16.2. The third-order valence-corrected chi connectivity index (χ3v) is 4.37. The van der Waals surface area contributed by atoms with Crippen LogP contribution in [0.2, 0.25) is 5.02 Å². The van der Waals surface area contributed by atoms with Gasteiger partial charge in [-0.25, -0.2) is 0 Å². The highest BCUT2D eigenvalue weighted by molar-refractivity contribution is 6.30. The highest BCUT2D eigenvalue weighted by Crippen LogP contribution is 2.28. The normalized spacial score (nSPS) is 14.7. The van der Waals surface area contributed by atoms with E-state index in [4.69, 9.17) is 16.3 Å². The number of amides is 1. The van der Waals surface area contributed by atoms with Crippen LogP contribution in [-0.2, 0) is 17.6 Å². The summed E-state index contributed by atoms with van der Waals surface area (Å²) in [5.41, 5.74) is 3.52. The Balaban J connectivity index is 1.69. The molecule has 0 bridgehead atoms. The molecule has 1 amide bonds. The summed E-state index contributed by atoms with van der Waals surface area (Å²) < 4.78 is 5.68. The summed E-state index contributed by atoms with van der Waals surface area (Å²) in [7, 11) is 0. The van der Waals surface area contributed by atoms with Crippen LogP contribution in [0.15, 0.2) is 42.5 Å². The van der Waals surface area contributed by atoms with E-state index in [-0.39, 0.29) is 5.91 Å². The number of fused-ring (bicyclic) bond motifs is 1. The number of anilines is 1. The van der Waals surface area contributed by atoms with Crippen molar-refractivity contribution in [1.82, 2.24) is 0 Å². The third kappa shape index (κ3) is 3.85. The van der Waals surface area contributed by atoms with Gasteiger partial charge in [-0.1, -0.05) is 29.8 Å². The molecule has 0 radical (unpaired) electrons. The van der Waals surface area contributed by atoms with Gasteiger partial charge in [0.2, 0.25) is 0 Å². The van der Waals surface area contributed by atoms with Crippen LogP contribution in [0.1, 0.15) is 30.9 Å². The molecule has 3 nitrogen and oxygen atoms in total. The molecular weight excluding hydrogens is 310 g/mol. The van der Waals surface area contributed by atoms with Crippen molar-refractivity contribution in [2.75, 3.05) is 5.32 Å². The fourth-order valence-corrected chi connectivity index (χ4v) is 3.11. The molecule has 0 unspecified atom stereocenters. The average Bonchev–Trinajstić information content (AvgIpc) is 2.55. The smallest absolute Gasteiger partial charge is 0.265 e. The van der Waals surface area contributed by atoms with Gasteiger partial charge in [0.1, 0.15) is 5.75 Å². The van der Waals surface area contributed by atoms with E-state index in [2.05, 4.69) is 11.4 Å². The second-order valence-electron chi connectivity index (χ2n) is 5.86. The maximum absolute atomic E-state index is 12.4. The van der Waals surface area contributed by atoms with Crippen molar-refractivity contribution < 1.29 is 9.53 Å². The fraction of sp³-hybridized carbons (Fsp3) is 0.316. The minimum Gasteiger partial charge on any atom is -0.481 e. The maximum Gasteiger partial charge on any atom is 0.265 e. The molecule has 1 aliphatic rings. The summed E-state index contributed by atoms with van der Waals surface area (Å²) in [6.07, 6.45) is 3.92. The molecule has 0 aliphatic heterocycles. The molecule has 1 atom stereocenters. The molecule has 0 spiro atoms. The molecule has 0 heterocycles. The Morgan fingerprint density at radius 3 is 2.78 bits per heavy atom. The van der Waals surface area contributed by atoms with E-state index in [1.807, 2.05) is 12.1 Å². The Bertz CT molecular complexity index is 714. The second-order valence-corrected chi connectivity index (χ2v) is 6.29. The van der Waals surface area contributed by atoms with Gasteiger partial charge in [0.15, 0.2) is 6.10 Å². The van der Waals surface area contributed by atoms with Gasteiger partial charge in [0, 0.05) is 10.7 Å². The topological polar surface area (TPSA) is 38.3 Å². The SMILES string of the molecule is C[C@H](Oc1cccc(Cl)c1)C(=O)Nc1cccc2c1CCCC2. The van der Waals surface area contributed by atoms with E-state index >= 15 is 0 Å². The number of ether oxygens (including phenoxy) is 1. The molecule has 3 rings (SSSR count). The molecular formula is C19H20ClNO2. The van der Waals surface area contributed by atoms with Crippen LogP contribution in [0.5, 0.6) is 5.75 Å². The van der Waals surface area contributed by atoms with Crippen molar-refractivity contribution in [3.63, 3.8) is 0 Å². The first-order valence-electron chi connectivity index (χ1n) is 7.97. The van der Waals surface area contributed by atoms with Crippen molar-refractivity contribution in [1.29, 1.82) is 0 Å². The third-order valence-electron chi connectivity index (χ3n) is 4.13. The van der Waals surface area contributed by atoms with Gasteiger partial charge in [-0.2, -0.15) is 0 Å². The molecule has 2 aromatic rings. The Hall–Kier alpha value is -2.00. The predicted molar refractivity (Wildman–Crippen MR) is 93.3 cm³/mol. The zero-order valence-corrected chi connectivity index (χ0v) is 13.9. The molecule has 23 heavy (non-hydrogen) atoms.